The molecule has 0 saturated heterocycles. The first-order valence-corrected chi connectivity index (χ1v) is 50.5. The quantitative estimate of drug-likeness (QED) is 0.142. The van der Waals surface area contributed by atoms with E-state index in [0.29, 0.717) is 0 Å². The van der Waals surface area contributed by atoms with Gasteiger partial charge in [0.1, 0.15) is 0 Å². The zero-order chi connectivity index (χ0) is 94.1. The van der Waals surface area contributed by atoms with Crippen LogP contribution in [0.4, 0.5) is 0 Å². The SMILES string of the molecule is Cc1ccc2c(c1)-c1cc(C)ccc1C21c2ccc(cc2)C2(c3ccc(C)cc3-c3cc(C)ccc32)C2(c3ccc(cc3)C3(c4ccc(C)cc4-c4cc(C)ccc43)C3(c4ccc(cc4)C4(c5ccc(C)cc5-c5cc(C)ccc54)C4(c5ccc(cc5)C15c1ccccc1-c1ccccc15)c1ccc(C)cc1-c1cc(C)ccc14)c1ccccc1-c1ccccc13)c1ccc(C)cc1-c1cc(C)ccc12. The van der Waals surface area contributed by atoms with Gasteiger partial charge in [0.2, 0.25) is 0 Å². The predicted molar refractivity (Wildman–Crippen MR) is 577 cm³/mol. The summed E-state index contributed by atoms with van der Waals surface area (Å²) in [6.45, 7) is 27.6. The van der Waals surface area contributed by atoms with E-state index in [-0.39, 0.29) is 0 Å². The van der Waals surface area contributed by atoms with Gasteiger partial charge in [-0.05, 0) is 306 Å². The molecule has 0 radical (unpaired) electrons. The number of hydrogen-bond donors (Lipinski definition) is 0. The van der Waals surface area contributed by atoms with Crippen molar-refractivity contribution in [3.8, 4) is 89.0 Å². The van der Waals surface area contributed by atoms with Gasteiger partial charge in [0, 0.05) is 0 Å². The molecule has 0 fully saturated rings. The molecule has 0 nitrogen and oxygen atoms in total. The molecule has 0 N–H and O–H groups in total. The number of hydrogen-bond acceptors (Lipinski definition) is 0. The van der Waals surface area contributed by atoms with Crippen molar-refractivity contribution in [2.45, 2.75) is 126 Å². The molecule has 15 aliphatic carbocycles. The van der Waals surface area contributed by atoms with E-state index in [1.54, 1.807) is 0 Å². The molecule has 8 bridgehead atoms. The molecular formula is C140H104. The molecule has 664 valence electrons. The van der Waals surface area contributed by atoms with Crippen molar-refractivity contribution in [1.29, 1.82) is 0 Å². The molecule has 8 spiro atoms. The van der Waals surface area contributed by atoms with Gasteiger partial charge in [0.25, 0.3) is 0 Å². The summed E-state index contributed by atoms with van der Waals surface area (Å²) in [6, 6.07) is 171. The average molecular weight is 1790 g/mol. The maximum atomic E-state index is 2.67. The highest BCUT2D eigenvalue weighted by atomic mass is 14.7. The summed E-state index contributed by atoms with van der Waals surface area (Å²) in [6.07, 6.45) is 0. The van der Waals surface area contributed by atoms with Crippen LogP contribution in [0.1, 0.15) is 200 Å². The highest BCUT2D eigenvalue weighted by molar-refractivity contribution is 6.01. The van der Waals surface area contributed by atoms with Crippen LogP contribution in [-0.2, 0) is 43.3 Å². The number of fused-ring (bicyclic) bond motifs is 24. The molecule has 20 aromatic rings. The van der Waals surface area contributed by atoms with Crippen LogP contribution in [-0.4, -0.2) is 0 Å². The summed E-state index contributed by atoms with van der Waals surface area (Å²) in [5.41, 5.74) is 57.7. The van der Waals surface area contributed by atoms with Crippen molar-refractivity contribution in [3.05, 3.63) is 613 Å². The van der Waals surface area contributed by atoms with E-state index in [1.807, 2.05) is 0 Å². The molecule has 0 aromatic heterocycles. The van der Waals surface area contributed by atoms with Crippen molar-refractivity contribution in [2.24, 2.45) is 0 Å². The Kier molecular flexibility index (Phi) is 16.4. The van der Waals surface area contributed by atoms with Gasteiger partial charge in [-0.15, -0.1) is 0 Å². The van der Waals surface area contributed by atoms with Gasteiger partial charge in [-0.1, -0.05) is 479 Å². The Labute approximate surface area is 822 Å². The molecule has 0 heterocycles. The summed E-state index contributed by atoms with van der Waals surface area (Å²) < 4.78 is 0. The first-order valence-electron chi connectivity index (χ1n) is 50.5. The Morgan fingerprint density at radius 2 is 0.186 bits per heavy atom. The highest BCUT2D eigenvalue weighted by Crippen LogP contribution is 2.78. The minimum atomic E-state index is -0.990. The van der Waals surface area contributed by atoms with Crippen LogP contribution < -0.4 is 0 Å². The van der Waals surface area contributed by atoms with Gasteiger partial charge in [-0.2, -0.15) is 0 Å². The first-order chi connectivity index (χ1) is 68.3. The third-order valence-corrected chi connectivity index (χ3v) is 35.8. The Hall–Kier alpha value is -15.6. The molecule has 0 amide bonds. The van der Waals surface area contributed by atoms with Crippen molar-refractivity contribution in [2.75, 3.05) is 0 Å². The molecule has 0 heteroatoms. The monoisotopic (exact) mass is 1780 g/mol. The highest BCUT2D eigenvalue weighted by Gasteiger charge is 2.71. The van der Waals surface area contributed by atoms with Crippen LogP contribution in [0.5, 0.6) is 0 Å². The normalized spacial score (nSPS) is 16.3. The summed E-state index contributed by atoms with van der Waals surface area (Å²) in [5, 5.41) is 0. The molecule has 140 heavy (non-hydrogen) atoms. The van der Waals surface area contributed by atoms with Gasteiger partial charge in [-0.3, -0.25) is 0 Å². The third kappa shape index (κ3) is 9.47. The second-order valence-electron chi connectivity index (χ2n) is 43.1. The van der Waals surface area contributed by atoms with Crippen LogP contribution in [0.15, 0.2) is 413 Å². The van der Waals surface area contributed by atoms with Gasteiger partial charge in [0.15, 0.2) is 0 Å². The lowest BCUT2D eigenvalue weighted by Gasteiger charge is -2.53. The van der Waals surface area contributed by atoms with E-state index >= 15 is 0 Å². The van der Waals surface area contributed by atoms with E-state index < -0.39 is 43.3 Å². The zero-order valence-electron chi connectivity index (χ0n) is 81.3. The van der Waals surface area contributed by atoms with Crippen LogP contribution in [0.2, 0.25) is 0 Å². The van der Waals surface area contributed by atoms with Crippen molar-refractivity contribution in [1.82, 2.24) is 0 Å². The van der Waals surface area contributed by atoms with Crippen LogP contribution in [0, 0.1) is 83.1 Å². The minimum Gasteiger partial charge on any atom is -0.0619 e. The zero-order valence-corrected chi connectivity index (χ0v) is 81.3. The van der Waals surface area contributed by atoms with Crippen LogP contribution in [0.25, 0.3) is 89.0 Å². The maximum Gasteiger partial charge on any atom is 0.0641 e. The predicted octanol–water partition coefficient (Wildman–Crippen LogP) is 33.0. The molecule has 0 aliphatic heterocycles. The third-order valence-electron chi connectivity index (χ3n) is 35.8. The maximum absolute atomic E-state index is 2.67. The van der Waals surface area contributed by atoms with Gasteiger partial charge >= 0.3 is 0 Å². The van der Waals surface area contributed by atoms with E-state index in [9.17, 15) is 0 Å². The second kappa shape index (κ2) is 28.1. The fourth-order valence-electron chi connectivity index (χ4n) is 31.2. The lowest BCUT2D eigenvalue weighted by atomic mass is 9.47. The van der Waals surface area contributed by atoms with E-state index in [1.165, 1.54) is 289 Å². The fraction of sp³-hybridized carbons (Fsp3) is 0.143. The minimum absolute atomic E-state index is 0.982. The lowest BCUT2D eigenvalue weighted by Crippen LogP contribution is -2.52. The van der Waals surface area contributed by atoms with Crippen LogP contribution >= 0.6 is 0 Å². The average Bonchev–Trinajstić information content (AvgIpc) is 1.46. The van der Waals surface area contributed by atoms with Gasteiger partial charge in [-0.25, -0.2) is 0 Å². The van der Waals surface area contributed by atoms with Gasteiger partial charge < -0.3 is 0 Å². The van der Waals surface area contributed by atoms with Crippen molar-refractivity contribution < 1.29 is 0 Å². The molecule has 20 aromatic carbocycles. The molecule has 0 atom stereocenters. The summed E-state index contributed by atoms with van der Waals surface area (Å²) in [5.74, 6) is 0. The lowest BCUT2D eigenvalue weighted by molar-refractivity contribution is 0.423. The first kappa shape index (κ1) is 81.6. The number of rotatable bonds is 0. The molecular weight excluding hydrogens is 1680 g/mol. The summed E-state index contributed by atoms with van der Waals surface area (Å²) in [7, 11) is 0. The summed E-state index contributed by atoms with van der Waals surface area (Å²) >= 11 is 0. The summed E-state index contributed by atoms with van der Waals surface area (Å²) in [4.78, 5) is 0. The standard InChI is InChI=1S/C140H104/c1-81-29-57-121-105(69-81)106-70-82(2)30-58-122(106)135(121)95-49-53-99(54-50-95)139(129-65-37-89(9)77-113(129)114-78-90(10)38-66-130(114)139)140(131-67-39-91(11)79-115(131)116-80-92(12)40-68-132(116)140)100-55-51-96(52-56-100)136(123-59-31-83(3)71-107(123)108-72-84(4)32-60-124(108)136)134(119-27-19-15-23-103(119)104-24-16-20-28-120(104)134)94-43-47-98(48-44-94)138(127-63-35-87(7)75-111(127)112-76-88(8)36-64-128(112)138)137(125-61-33-85(5)73-109(125)110-74-86(6)34-62-126(110)137)97-45-41-93(42-46-97)133(135)117-25-17-13-21-101(117)102-22-14-18-26-118(102)133/h13-80H,1-12H3. The van der Waals surface area contributed by atoms with Crippen molar-refractivity contribution >= 4 is 0 Å². The molecule has 0 unspecified atom stereocenters. The van der Waals surface area contributed by atoms with Gasteiger partial charge in [0.05, 0.1) is 43.3 Å². The topological polar surface area (TPSA) is 0 Å². The number of benzene rings is 20. The fourth-order valence-corrected chi connectivity index (χ4v) is 31.2. The van der Waals surface area contributed by atoms with E-state index in [0.717, 1.165) is 0 Å². The smallest absolute Gasteiger partial charge is 0.0619 e. The van der Waals surface area contributed by atoms with E-state index in [2.05, 4.69) is 496 Å². The Morgan fingerprint density at radius 1 is 0.0929 bits per heavy atom. The Morgan fingerprint density at radius 3 is 0.293 bits per heavy atom. The van der Waals surface area contributed by atoms with E-state index in [4.69, 9.17) is 0 Å². The van der Waals surface area contributed by atoms with Crippen molar-refractivity contribution in [3.63, 3.8) is 0 Å². The Balaban J connectivity index is 0.845. The largest absolute Gasteiger partial charge is 0.0641 e. The Bertz CT molecular complexity index is 8010. The molecule has 35 rings (SSSR count). The molecule has 0 saturated carbocycles. The molecule has 15 aliphatic rings. The second-order valence-corrected chi connectivity index (χ2v) is 43.1. The van der Waals surface area contributed by atoms with Crippen LogP contribution in [0.3, 0.4) is 0 Å². The number of aryl methyl sites for hydroxylation is 12.